The Balaban J connectivity index is 1.99. The van der Waals surface area contributed by atoms with Gasteiger partial charge in [-0.05, 0) is 34.7 Å². The normalized spacial score (nSPS) is 12.3. The number of anilines is 1. The number of amides is 2. The van der Waals surface area contributed by atoms with Crippen LogP contribution in [0, 0.1) is 3.57 Å². The SMILES string of the molecule is CC(=O)Nc1c(C(N)=O)nc(Sc2cc3c(cc2I)OCO3)n1C. The first kappa shape index (κ1) is 16.9. The van der Waals surface area contributed by atoms with Gasteiger partial charge in [0, 0.05) is 22.4 Å². The minimum atomic E-state index is -0.707. The zero-order chi connectivity index (χ0) is 17.4. The van der Waals surface area contributed by atoms with Crippen LogP contribution in [0.4, 0.5) is 5.82 Å². The van der Waals surface area contributed by atoms with Crippen LogP contribution in [-0.2, 0) is 11.8 Å². The van der Waals surface area contributed by atoms with Crippen LogP contribution in [0.3, 0.4) is 0 Å². The van der Waals surface area contributed by atoms with E-state index in [2.05, 4.69) is 32.9 Å². The lowest BCUT2D eigenvalue weighted by molar-refractivity contribution is -0.114. The summed E-state index contributed by atoms with van der Waals surface area (Å²) < 4.78 is 13.3. The summed E-state index contributed by atoms with van der Waals surface area (Å²) in [5, 5.41) is 3.10. The average molecular weight is 460 g/mol. The van der Waals surface area contributed by atoms with Gasteiger partial charge in [-0.1, -0.05) is 11.8 Å². The number of primary amides is 1. The molecule has 0 fully saturated rings. The number of hydrogen-bond acceptors (Lipinski definition) is 6. The number of nitrogens with two attached hydrogens (primary N) is 1. The Morgan fingerprint density at radius 2 is 2.04 bits per heavy atom. The van der Waals surface area contributed by atoms with Gasteiger partial charge in [0.15, 0.2) is 22.3 Å². The monoisotopic (exact) mass is 460 g/mol. The molecule has 0 saturated heterocycles. The lowest BCUT2D eigenvalue weighted by Gasteiger charge is -2.08. The fourth-order valence-corrected chi connectivity index (χ4v) is 3.78. The van der Waals surface area contributed by atoms with E-state index in [9.17, 15) is 9.59 Å². The van der Waals surface area contributed by atoms with Crippen molar-refractivity contribution in [1.29, 1.82) is 0 Å². The molecule has 8 nitrogen and oxygen atoms in total. The second kappa shape index (κ2) is 6.51. The molecule has 0 bridgehead atoms. The topological polar surface area (TPSA) is 108 Å². The minimum absolute atomic E-state index is 0.0194. The molecule has 0 spiro atoms. The zero-order valence-corrected chi connectivity index (χ0v) is 15.7. The van der Waals surface area contributed by atoms with Crippen LogP contribution < -0.4 is 20.5 Å². The second-order valence-corrected chi connectivity index (χ2v) is 7.11. The quantitative estimate of drug-likeness (QED) is 0.676. The number of hydrogen-bond donors (Lipinski definition) is 2. The maximum atomic E-state index is 11.6. The number of halogens is 1. The number of carbonyl (C=O) groups excluding carboxylic acids is 2. The van der Waals surface area contributed by atoms with E-state index in [4.69, 9.17) is 15.2 Å². The molecule has 126 valence electrons. The van der Waals surface area contributed by atoms with Crippen LogP contribution in [0.15, 0.2) is 22.2 Å². The lowest BCUT2D eigenvalue weighted by atomic mass is 10.3. The number of imidazole rings is 1. The van der Waals surface area contributed by atoms with Crippen LogP contribution in [0.5, 0.6) is 11.5 Å². The standard InChI is InChI=1S/C14H13IN4O4S/c1-6(20)17-13-11(12(16)21)18-14(19(13)2)24-10-4-9-8(3-7(10)15)22-5-23-9/h3-4H,5H2,1-2H3,(H2,16,21)(H,17,20). The van der Waals surface area contributed by atoms with Crippen molar-refractivity contribution in [3.05, 3.63) is 21.4 Å². The summed E-state index contributed by atoms with van der Waals surface area (Å²) in [5.41, 5.74) is 5.38. The number of nitrogens with zero attached hydrogens (tertiary/aromatic N) is 2. The maximum Gasteiger partial charge on any atom is 0.271 e. The van der Waals surface area contributed by atoms with Crippen LogP contribution in [0.25, 0.3) is 0 Å². The summed E-state index contributed by atoms with van der Waals surface area (Å²) in [5.74, 6) is 0.606. The molecule has 24 heavy (non-hydrogen) atoms. The summed E-state index contributed by atoms with van der Waals surface area (Å²) in [4.78, 5) is 28.1. The molecule has 1 aliphatic rings. The Kier molecular flexibility index (Phi) is 4.58. The van der Waals surface area contributed by atoms with Crippen LogP contribution in [0.1, 0.15) is 17.4 Å². The maximum absolute atomic E-state index is 11.6. The van der Waals surface area contributed by atoms with Gasteiger partial charge in [0.2, 0.25) is 12.7 Å². The number of fused-ring (bicyclic) bond motifs is 1. The predicted molar refractivity (Wildman–Crippen MR) is 95.4 cm³/mol. The molecule has 0 atom stereocenters. The van der Waals surface area contributed by atoms with Crippen molar-refractivity contribution in [2.75, 3.05) is 12.1 Å². The third-order valence-corrected chi connectivity index (χ3v) is 5.57. The van der Waals surface area contributed by atoms with Gasteiger partial charge in [-0.3, -0.25) is 9.59 Å². The summed E-state index contributed by atoms with van der Waals surface area (Å²) >= 11 is 3.52. The first-order valence-electron chi connectivity index (χ1n) is 6.78. The predicted octanol–water partition coefficient (Wildman–Crippen LogP) is 1.96. The van der Waals surface area contributed by atoms with Crippen molar-refractivity contribution in [2.24, 2.45) is 12.8 Å². The van der Waals surface area contributed by atoms with Crippen molar-refractivity contribution in [3.8, 4) is 11.5 Å². The molecule has 3 rings (SSSR count). The van der Waals surface area contributed by atoms with Gasteiger partial charge < -0.3 is 25.1 Å². The van der Waals surface area contributed by atoms with E-state index in [0.717, 1.165) is 8.47 Å². The van der Waals surface area contributed by atoms with Gasteiger partial charge in [-0.15, -0.1) is 0 Å². The first-order chi connectivity index (χ1) is 11.4. The van der Waals surface area contributed by atoms with Crippen molar-refractivity contribution in [1.82, 2.24) is 9.55 Å². The van der Waals surface area contributed by atoms with Gasteiger partial charge in [-0.2, -0.15) is 0 Å². The molecule has 1 aliphatic heterocycles. The molecule has 0 radical (unpaired) electrons. The fraction of sp³-hybridized carbons (Fsp3) is 0.214. The molecule has 2 aromatic rings. The van der Waals surface area contributed by atoms with E-state index in [-0.39, 0.29) is 24.2 Å². The van der Waals surface area contributed by atoms with E-state index in [0.29, 0.717) is 16.7 Å². The lowest BCUT2D eigenvalue weighted by Crippen LogP contribution is -2.17. The Morgan fingerprint density at radius 3 is 2.67 bits per heavy atom. The molecular formula is C14H13IN4O4S. The average Bonchev–Trinajstić information content (AvgIpc) is 3.06. The molecule has 2 amide bonds. The molecule has 3 N–H and O–H groups in total. The number of nitrogens with one attached hydrogen (secondary N) is 1. The van der Waals surface area contributed by atoms with Gasteiger partial charge in [0.05, 0.1) is 0 Å². The second-order valence-electron chi connectivity index (χ2n) is 4.93. The fourth-order valence-electron chi connectivity index (χ4n) is 2.13. The Morgan fingerprint density at radius 1 is 1.38 bits per heavy atom. The number of rotatable bonds is 4. The molecule has 2 heterocycles. The van der Waals surface area contributed by atoms with Crippen molar-refractivity contribution in [3.63, 3.8) is 0 Å². The molecule has 0 aliphatic carbocycles. The van der Waals surface area contributed by atoms with Crippen LogP contribution in [-0.4, -0.2) is 28.2 Å². The highest BCUT2D eigenvalue weighted by Gasteiger charge is 2.22. The van der Waals surface area contributed by atoms with Gasteiger partial charge in [0.25, 0.3) is 5.91 Å². The zero-order valence-electron chi connectivity index (χ0n) is 12.8. The highest BCUT2D eigenvalue weighted by Crippen LogP contribution is 2.41. The van der Waals surface area contributed by atoms with E-state index < -0.39 is 5.91 Å². The smallest absolute Gasteiger partial charge is 0.271 e. The summed E-state index contributed by atoms with van der Waals surface area (Å²) in [6, 6.07) is 3.73. The highest BCUT2D eigenvalue weighted by molar-refractivity contribution is 14.1. The Hall–Kier alpha value is -1.95. The number of aromatic nitrogens is 2. The number of benzene rings is 1. The van der Waals surface area contributed by atoms with E-state index >= 15 is 0 Å². The Labute approximate surface area is 155 Å². The number of ether oxygens (including phenoxy) is 2. The largest absolute Gasteiger partial charge is 0.454 e. The van der Waals surface area contributed by atoms with E-state index in [1.807, 2.05) is 12.1 Å². The summed E-state index contributed by atoms with van der Waals surface area (Å²) in [6.45, 7) is 1.55. The van der Waals surface area contributed by atoms with E-state index in [1.54, 1.807) is 11.6 Å². The highest BCUT2D eigenvalue weighted by atomic mass is 127. The Bertz CT molecular complexity index is 852. The molecule has 1 aromatic heterocycles. The van der Waals surface area contributed by atoms with Crippen molar-refractivity contribution >= 4 is 52.0 Å². The molecule has 0 saturated carbocycles. The van der Waals surface area contributed by atoms with Gasteiger partial charge >= 0.3 is 0 Å². The number of carbonyl (C=O) groups is 2. The third kappa shape index (κ3) is 3.15. The van der Waals surface area contributed by atoms with Crippen molar-refractivity contribution < 1.29 is 19.1 Å². The van der Waals surface area contributed by atoms with Gasteiger partial charge in [0.1, 0.15) is 5.82 Å². The van der Waals surface area contributed by atoms with E-state index in [1.165, 1.54) is 18.7 Å². The minimum Gasteiger partial charge on any atom is -0.454 e. The van der Waals surface area contributed by atoms with Gasteiger partial charge in [-0.25, -0.2) is 4.98 Å². The molecule has 0 unspecified atom stereocenters. The van der Waals surface area contributed by atoms with Crippen LogP contribution >= 0.6 is 34.4 Å². The summed E-state index contributed by atoms with van der Waals surface area (Å²) in [6.07, 6.45) is 0. The van der Waals surface area contributed by atoms with Crippen LogP contribution in [0.2, 0.25) is 0 Å². The first-order valence-corrected chi connectivity index (χ1v) is 8.67. The molecule has 10 heteroatoms. The molecule has 1 aromatic carbocycles. The summed E-state index contributed by atoms with van der Waals surface area (Å²) in [7, 11) is 1.70. The third-order valence-electron chi connectivity index (χ3n) is 3.21. The molecular weight excluding hydrogens is 447 g/mol. The van der Waals surface area contributed by atoms with Crippen molar-refractivity contribution in [2.45, 2.75) is 17.0 Å².